The van der Waals surface area contributed by atoms with Crippen molar-refractivity contribution in [2.24, 2.45) is 5.41 Å². The Labute approximate surface area is 115 Å². The average Bonchev–Trinajstić information content (AvgIpc) is 2.88. The molecule has 0 aromatic carbocycles. The first-order chi connectivity index (χ1) is 8.79. The predicted octanol–water partition coefficient (Wildman–Crippen LogP) is 5.30. The molecule has 1 N–H and O–H groups in total. The van der Waals surface area contributed by atoms with Crippen LogP contribution in [0.25, 0.3) is 0 Å². The van der Waals surface area contributed by atoms with Crippen molar-refractivity contribution in [3.8, 4) is 0 Å². The fourth-order valence-electron chi connectivity index (χ4n) is 3.75. The molecule has 1 rings (SSSR count). The summed E-state index contributed by atoms with van der Waals surface area (Å²) in [4.78, 5) is 0. The predicted molar refractivity (Wildman–Crippen MR) is 82.0 cm³/mol. The highest BCUT2D eigenvalue weighted by Gasteiger charge is 2.38. The van der Waals surface area contributed by atoms with Crippen molar-refractivity contribution in [1.82, 2.24) is 5.32 Å². The highest BCUT2D eigenvalue weighted by Crippen LogP contribution is 2.45. The molecule has 0 amide bonds. The van der Waals surface area contributed by atoms with Crippen LogP contribution in [-0.4, -0.2) is 12.6 Å². The minimum Gasteiger partial charge on any atom is -0.313 e. The van der Waals surface area contributed by atoms with Crippen LogP contribution in [0.2, 0.25) is 0 Å². The lowest BCUT2D eigenvalue weighted by molar-refractivity contribution is 0.173. The van der Waals surface area contributed by atoms with E-state index in [1.807, 2.05) is 0 Å². The van der Waals surface area contributed by atoms with Gasteiger partial charge in [0.1, 0.15) is 0 Å². The highest BCUT2D eigenvalue weighted by molar-refractivity contribution is 4.93. The van der Waals surface area contributed by atoms with Crippen LogP contribution in [0.4, 0.5) is 0 Å². The summed E-state index contributed by atoms with van der Waals surface area (Å²) in [6.07, 6.45) is 15.6. The van der Waals surface area contributed by atoms with Gasteiger partial charge in [-0.1, -0.05) is 59.3 Å². The van der Waals surface area contributed by atoms with Crippen molar-refractivity contribution < 1.29 is 0 Å². The van der Waals surface area contributed by atoms with E-state index in [1.165, 1.54) is 77.2 Å². The van der Waals surface area contributed by atoms with Gasteiger partial charge in [0, 0.05) is 6.04 Å². The Balaban J connectivity index is 2.47. The van der Waals surface area contributed by atoms with Gasteiger partial charge in [0.25, 0.3) is 0 Å². The lowest BCUT2D eigenvalue weighted by atomic mass is 9.74. The van der Waals surface area contributed by atoms with Crippen LogP contribution >= 0.6 is 0 Å². The summed E-state index contributed by atoms with van der Waals surface area (Å²) < 4.78 is 0. The SMILES string of the molecule is CCCCCCC(NCCC)C1(CC)CCCC1. The van der Waals surface area contributed by atoms with Gasteiger partial charge in [-0.05, 0) is 44.1 Å². The molecule has 1 saturated carbocycles. The minimum absolute atomic E-state index is 0.640. The molecule has 1 unspecified atom stereocenters. The monoisotopic (exact) mass is 253 g/mol. The number of unbranched alkanes of at least 4 members (excludes halogenated alkanes) is 3. The fraction of sp³-hybridized carbons (Fsp3) is 1.00. The van der Waals surface area contributed by atoms with Crippen LogP contribution in [0.15, 0.2) is 0 Å². The summed E-state index contributed by atoms with van der Waals surface area (Å²) in [6, 6.07) is 0.793. The van der Waals surface area contributed by atoms with Crippen LogP contribution in [0.1, 0.15) is 91.4 Å². The summed E-state index contributed by atoms with van der Waals surface area (Å²) in [5.41, 5.74) is 0.640. The van der Waals surface area contributed by atoms with Crippen LogP contribution in [0.3, 0.4) is 0 Å². The molecule has 0 aliphatic heterocycles. The van der Waals surface area contributed by atoms with E-state index in [9.17, 15) is 0 Å². The maximum atomic E-state index is 3.88. The maximum absolute atomic E-state index is 3.88. The molecule has 18 heavy (non-hydrogen) atoms. The van der Waals surface area contributed by atoms with Gasteiger partial charge in [0.05, 0.1) is 0 Å². The Bertz CT molecular complexity index is 194. The van der Waals surface area contributed by atoms with Crippen molar-refractivity contribution in [3.05, 3.63) is 0 Å². The molecule has 0 bridgehead atoms. The third-order valence-corrected chi connectivity index (χ3v) is 5.03. The molecule has 1 atom stereocenters. The fourth-order valence-corrected chi connectivity index (χ4v) is 3.75. The standard InChI is InChI=1S/C17H35N/c1-4-7-8-9-12-16(18-15-5-2)17(6-3)13-10-11-14-17/h16,18H,4-15H2,1-3H3. The Morgan fingerprint density at radius 1 is 0.944 bits per heavy atom. The zero-order valence-electron chi connectivity index (χ0n) is 13.1. The summed E-state index contributed by atoms with van der Waals surface area (Å²) in [6.45, 7) is 8.21. The Morgan fingerprint density at radius 3 is 2.22 bits per heavy atom. The zero-order valence-corrected chi connectivity index (χ0v) is 13.1. The zero-order chi connectivity index (χ0) is 13.3. The van der Waals surface area contributed by atoms with Gasteiger partial charge in [-0.3, -0.25) is 0 Å². The lowest BCUT2D eigenvalue weighted by Gasteiger charge is -2.38. The number of hydrogen-bond donors (Lipinski definition) is 1. The normalized spacial score (nSPS) is 20.2. The average molecular weight is 253 g/mol. The maximum Gasteiger partial charge on any atom is 0.0123 e. The van der Waals surface area contributed by atoms with Gasteiger partial charge in [-0.2, -0.15) is 0 Å². The van der Waals surface area contributed by atoms with E-state index < -0.39 is 0 Å². The third-order valence-electron chi connectivity index (χ3n) is 5.03. The smallest absolute Gasteiger partial charge is 0.0123 e. The summed E-state index contributed by atoms with van der Waals surface area (Å²) in [5, 5.41) is 3.88. The number of hydrogen-bond acceptors (Lipinski definition) is 1. The molecule has 1 aliphatic carbocycles. The second-order valence-corrected chi connectivity index (χ2v) is 6.28. The summed E-state index contributed by atoms with van der Waals surface area (Å²) in [5.74, 6) is 0. The number of rotatable bonds is 10. The van der Waals surface area contributed by atoms with Gasteiger partial charge in [0.15, 0.2) is 0 Å². The number of nitrogens with one attached hydrogen (secondary N) is 1. The summed E-state index contributed by atoms with van der Waals surface area (Å²) in [7, 11) is 0. The molecule has 1 heteroatoms. The van der Waals surface area contributed by atoms with Crippen LogP contribution in [0.5, 0.6) is 0 Å². The van der Waals surface area contributed by atoms with Gasteiger partial charge < -0.3 is 5.32 Å². The highest BCUT2D eigenvalue weighted by atomic mass is 14.9. The van der Waals surface area contributed by atoms with E-state index >= 15 is 0 Å². The topological polar surface area (TPSA) is 12.0 Å². The quantitative estimate of drug-likeness (QED) is 0.521. The van der Waals surface area contributed by atoms with Crippen molar-refractivity contribution in [3.63, 3.8) is 0 Å². The molecule has 0 heterocycles. The largest absolute Gasteiger partial charge is 0.313 e. The Hall–Kier alpha value is -0.0400. The molecular weight excluding hydrogens is 218 g/mol. The van der Waals surface area contributed by atoms with Crippen molar-refractivity contribution in [2.75, 3.05) is 6.54 Å². The third kappa shape index (κ3) is 4.57. The van der Waals surface area contributed by atoms with E-state index in [-0.39, 0.29) is 0 Å². The first kappa shape index (κ1) is 16.0. The minimum atomic E-state index is 0.640. The van der Waals surface area contributed by atoms with Crippen LogP contribution in [0, 0.1) is 5.41 Å². The second-order valence-electron chi connectivity index (χ2n) is 6.28. The molecule has 0 spiro atoms. The Kier molecular flexibility index (Phi) is 7.97. The molecule has 1 fully saturated rings. The molecule has 1 aliphatic rings. The molecule has 0 aromatic rings. The van der Waals surface area contributed by atoms with E-state index in [0.717, 1.165) is 6.04 Å². The molecule has 108 valence electrons. The van der Waals surface area contributed by atoms with Crippen LogP contribution < -0.4 is 5.32 Å². The van der Waals surface area contributed by atoms with Crippen molar-refractivity contribution >= 4 is 0 Å². The molecule has 0 radical (unpaired) electrons. The first-order valence-electron chi connectivity index (χ1n) is 8.52. The van der Waals surface area contributed by atoms with Gasteiger partial charge >= 0.3 is 0 Å². The summed E-state index contributed by atoms with van der Waals surface area (Å²) >= 11 is 0. The van der Waals surface area contributed by atoms with E-state index in [1.54, 1.807) is 0 Å². The van der Waals surface area contributed by atoms with E-state index in [2.05, 4.69) is 26.1 Å². The first-order valence-corrected chi connectivity index (χ1v) is 8.52. The van der Waals surface area contributed by atoms with E-state index in [0.29, 0.717) is 5.41 Å². The second kappa shape index (κ2) is 8.96. The Morgan fingerprint density at radius 2 is 1.67 bits per heavy atom. The molecule has 0 aromatic heterocycles. The molecule has 0 saturated heterocycles. The lowest BCUT2D eigenvalue weighted by Crippen LogP contribution is -2.44. The van der Waals surface area contributed by atoms with Gasteiger partial charge in [-0.25, -0.2) is 0 Å². The van der Waals surface area contributed by atoms with Crippen LogP contribution in [-0.2, 0) is 0 Å². The van der Waals surface area contributed by atoms with Crippen molar-refractivity contribution in [2.45, 2.75) is 97.4 Å². The molecule has 1 nitrogen and oxygen atoms in total. The van der Waals surface area contributed by atoms with E-state index in [4.69, 9.17) is 0 Å². The van der Waals surface area contributed by atoms with Gasteiger partial charge in [0.2, 0.25) is 0 Å². The van der Waals surface area contributed by atoms with Crippen molar-refractivity contribution in [1.29, 1.82) is 0 Å². The van der Waals surface area contributed by atoms with Gasteiger partial charge in [-0.15, -0.1) is 0 Å². The molecular formula is C17H35N.